The van der Waals surface area contributed by atoms with E-state index < -0.39 is 13.7 Å². The summed E-state index contributed by atoms with van der Waals surface area (Å²) in [5.74, 6) is 2.49. The van der Waals surface area contributed by atoms with Gasteiger partial charge in [-0.2, -0.15) is 11.8 Å². The topological polar surface area (TPSA) is 44.8 Å². The first-order valence-corrected chi connectivity index (χ1v) is 18.9. The molecule has 0 radical (unpaired) electrons. The Kier molecular flexibility index (Phi) is 19.9. The molecule has 216 valence electrons. The van der Waals surface area contributed by atoms with E-state index in [0.717, 1.165) is 13.0 Å². The Bertz CT molecular complexity index is 540. The molecule has 0 heterocycles. The Morgan fingerprint density at radius 1 is 0.750 bits per heavy atom. The van der Waals surface area contributed by atoms with Gasteiger partial charge in [0, 0.05) is 6.61 Å². The zero-order chi connectivity index (χ0) is 27.5. The molecule has 0 aliphatic carbocycles. The van der Waals surface area contributed by atoms with Gasteiger partial charge < -0.3 is 13.9 Å². The van der Waals surface area contributed by atoms with E-state index in [4.69, 9.17) is 13.9 Å². The van der Waals surface area contributed by atoms with Crippen molar-refractivity contribution >= 4 is 26.0 Å². The van der Waals surface area contributed by atoms with Gasteiger partial charge in [0.05, 0.1) is 12.0 Å². The number of hydrogen-bond donors (Lipinski definition) is 0. The van der Waals surface area contributed by atoms with Gasteiger partial charge in [0.25, 0.3) is 0 Å². The van der Waals surface area contributed by atoms with Crippen LogP contribution < -0.4 is 0 Å². The first kappa shape index (κ1) is 36.0. The van der Waals surface area contributed by atoms with Crippen LogP contribution in [0.1, 0.15) is 126 Å². The van der Waals surface area contributed by atoms with Crippen LogP contribution in [0.3, 0.4) is 0 Å². The van der Waals surface area contributed by atoms with E-state index in [0.29, 0.717) is 6.61 Å². The molecule has 0 N–H and O–H groups in total. The molecule has 0 aromatic rings. The Morgan fingerprint density at radius 3 is 1.75 bits per heavy atom. The van der Waals surface area contributed by atoms with E-state index >= 15 is 0 Å². The predicted octanol–water partition coefficient (Wildman–Crippen LogP) is 9.42. The number of hydrogen-bond acceptors (Lipinski definition) is 5. The Labute approximate surface area is 230 Å². The highest BCUT2D eigenvalue weighted by Gasteiger charge is 2.39. The standard InChI is InChI=1S/C30H62O4SSi/c1-10-11-12-13-17-20-23-35-24-21-18-15-14-16-19-22-32-25-27(26-33-28(31)29(2,3)4)34-36(8,9)30(5,6)7/h27H,10-26H2,1-9H3/t27-/m0/s1. The third-order valence-electron chi connectivity index (χ3n) is 7.05. The highest BCUT2D eigenvalue weighted by atomic mass is 32.2. The van der Waals surface area contributed by atoms with Crippen LogP contribution in [0.2, 0.25) is 18.1 Å². The van der Waals surface area contributed by atoms with Gasteiger partial charge in [-0.25, -0.2) is 0 Å². The molecule has 4 nitrogen and oxygen atoms in total. The second kappa shape index (κ2) is 19.9. The van der Waals surface area contributed by atoms with Crippen molar-refractivity contribution in [1.29, 1.82) is 0 Å². The van der Waals surface area contributed by atoms with Crippen LogP contribution in [0.5, 0.6) is 0 Å². The van der Waals surface area contributed by atoms with Gasteiger partial charge in [0.15, 0.2) is 8.32 Å². The van der Waals surface area contributed by atoms with Crippen molar-refractivity contribution in [3.63, 3.8) is 0 Å². The number of thioether (sulfide) groups is 1. The summed E-state index contributed by atoms with van der Waals surface area (Å²) in [6.45, 7) is 20.6. The molecule has 0 unspecified atom stereocenters. The second-order valence-electron chi connectivity index (χ2n) is 12.9. The zero-order valence-electron chi connectivity index (χ0n) is 25.6. The SMILES string of the molecule is CCCCCCCCSCCCCCCCCOC[C@@H](COC(=O)C(C)(C)C)O[Si](C)(C)C(C)(C)C. The van der Waals surface area contributed by atoms with E-state index in [1.165, 1.54) is 82.1 Å². The molecule has 36 heavy (non-hydrogen) atoms. The number of rotatable bonds is 22. The average molecular weight is 547 g/mol. The Balaban J connectivity index is 3.96. The fourth-order valence-electron chi connectivity index (χ4n) is 3.51. The van der Waals surface area contributed by atoms with Crippen LogP contribution in [0.4, 0.5) is 0 Å². The third kappa shape index (κ3) is 19.1. The molecular weight excluding hydrogens is 484 g/mol. The van der Waals surface area contributed by atoms with Crippen LogP contribution in [-0.4, -0.2) is 51.7 Å². The molecule has 1 atom stereocenters. The number of ether oxygens (including phenoxy) is 2. The molecule has 0 aliphatic heterocycles. The maximum Gasteiger partial charge on any atom is 0.311 e. The maximum atomic E-state index is 12.3. The summed E-state index contributed by atoms with van der Waals surface area (Å²) in [5, 5.41) is 0.103. The highest BCUT2D eigenvalue weighted by Crippen LogP contribution is 2.37. The smallest absolute Gasteiger partial charge is 0.311 e. The van der Waals surface area contributed by atoms with Gasteiger partial charge in [-0.05, 0) is 69.7 Å². The lowest BCUT2D eigenvalue weighted by molar-refractivity contribution is -0.156. The summed E-state index contributed by atoms with van der Waals surface area (Å²) in [6.07, 6.45) is 15.8. The molecule has 0 amide bonds. The lowest BCUT2D eigenvalue weighted by Gasteiger charge is -2.39. The largest absolute Gasteiger partial charge is 0.462 e. The van der Waals surface area contributed by atoms with E-state index in [9.17, 15) is 4.79 Å². The first-order chi connectivity index (χ1) is 16.8. The van der Waals surface area contributed by atoms with E-state index in [2.05, 4.69) is 52.6 Å². The quantitative estimate of drug-likeness (QED) is 0.0768. The van der Waals surface area contributed by atoms with Gasteiger partial charge in [0.2, 0.25) is 0 Å². The number of unbranched alkanes of at least 4 members (excludes halogenated alkanes) is 10. The van der Waals surface area contributed by atoms with Crippen LogP contribution in [-0.2, 0) is 18.7 Å². The molecule has 0 spiro atoms. The molecule has 0 fully saturated rings. The van der Waals surface area contributed by atoms with E-state index in [1.807, 2.05) is 20.8 Å². The van der Waals surface area contributed by atoms with Crippen LogP contribution >= 0.6 is 11.8 Å². The summed E-state index contributed by atoms with van der Waals surface area (Å²) in [5.41, 5.74) is -0.505. The average Bonchev–Trinajstić information content (AvgIpc) is 2.77. The van der Waals surface area contributed by atoms with Crippen molar-refractivity contribution < 1.29 is 18.7 Å². The van der Waals surface area contributed by atoms with Crippen molar-refractivity contribution in [2.75, 3.05) is 31.3 Å². The van der Waals surface area contributed by atoms with Crippen molar-refractivity contribution in [3.8, 4) is 0 Å². The molecule has 0 rings (SSSR count). The van der Waals surface area contributed by atoms with Gasteiger partial charge in [-0.1, -0.05) is 85.5 Å². The third-order valence-corrected chi connectivity index (χ3v) is 12.7. The first-order valence-electron chi connectivity index (χ1n) is 14.8. The van der Waals surface area contributed by atoms with Crippen LogP contribution in [0, 0.1) is 5.41 Å². The summed E-state index contributed by atoms with van der Waals surface area (Å²) < 4.78 is 18.1. The minimum absolute atomic E-state index is 0.103. The van der Waals surface area contributed by atoms with Gasteiger partial charge in [-0.3, -0.25) is 4.79 Å². The fourth-order valence-corrected chi connectivity index (χ4v) is 5.85. The van der Waals surface area contributed by atoms with Gasteiger partial charge >= 0.3 is 5.97 Å². The zero-order valence-corrected chi connectivity index (χ0v) is 27.5. The van der Waals surface area contributed by atoms with Crippen LogP contribution in [0.15, 0.2) is 0 Å². The summed E-state index contributed by atoms with van der Waals surface area (Å²) in [6, 6.07) is 0. The molecule has 6 heteroatoms. The van der Waals surface area contributed by atoms with Crippen molar-refractivity contribution in [1.82, 2.24) is 0 Å². The predicted molar refractivity (Wildman–Crippen MR) is 162 cm³/mol. The van der Waals surface area contributed by atoms with E-state index in [-0.39, 0.29) is 23.7 Å². The number of carbonyl (C=O) groups excluding carboxylic acids is 1. The molecule has 0 bridgehead atoms. The molecule has 0 aromatic heterocycles. The van der Waals surface area contributed by atoms with Gasteiger partial charge in [0.1, 0.15) is 12.7 Å². The number of esters is 1. The summed E-state index contributed by atoms with van der Waals surface area (Å²) >= 11 is 2.15. The molecular formula is C30H62O4SSi. The molecule has 0 saturated heterocycles. The molecule has 0 saturated carbocycles. The van der Waals surface area contributed by atoms with Crippen molar-refractivity contribution in [2.45, 2.75) is 150 Å². The summed E-state index contributed by atoms with van der Waals surface area (Å²) in [7, 11) is -1.97. The molecule has 0 aromatic carbocycles. The minimum Gasteiger partial charge on any atom is -0.462 e. The highest BCUT2D eigenvalue weighted by molar-refractivity contribution is 7.99. The van der Waals surface area contributed by atoms with E-state index in [1.54, 1.807) is 0 Å². The van der Waals surface area contributed by atoms with Crippen molar-refractivity contribution in [3.05, 3.63) is 0 Å². The lowest BCUT2D eigenvalue weighted by atomic mass is 9.97. The lowest BCUT2D eigenvalue weighted by Crippen LogP contribution is -2.46. The Morgan fingerprint density at radius 2 is 1.25 bits per heavy atom. The van der Waals surface area contributed by atoms with Gasteiger partial charge in [-0.15, -0.1) is 0 Å². The maximum absolute atomic E-state index is 12.3. The van der Waals surface area contributed by atoms with Crippen LogP contribution in [0.25, 0.3) is 0 Å². The monoisotopic (exact) mass is 546 g/mol. The normalized spacial score (nSPS) is 13.7. The Hall–Kier alpha value is -0.0431. The van der Waals surface area contributed by atoms with Crippen molar-refractivity contribution in [2.24, 2.45) is 5.41 Å². The number of carbonyl (C=O) groups is 1. The molecule has 0 aliphatic rings. The fraction of sp³-hybridized carbons (Fsp3) is 0.967. The minimum atomic E-state index is -1.97. The second-order valence-corrected chi connectivity index (χ2v) is 18.9. The summed E-state index contributed by atoms with van der Waals surface area (Å²) in [4.78, 5) is 12.3.